The molecule has 2 nitrogen and oxygen atoms in total. The molecule has 0 N–H and O–H groups in total. The lowest BCUT2D eigenvalue weighted by Crippen LogP contribution is -1.89. The Bertz CT molecular complexity index is 765. The predicted octanol–water partition coefficient (Wildman–Crippen LogP) is 5.50. The Morgan fingerprint density at radius 1 is 1.18 bits per heavy atom. The number of benzene rings is 2. The molecule has 0 spiro atoms. The minimum Gasteiger partial charge on any atom is -0.494 e. The second kappa shape index (κ2) is 7.47. The molecule has 0 aliphatic rings. The lowest BCUT2D eigenvalue weighted by atomic mass is 10.2. The molecule has 0 aliphatic carbocycles. The highest BCUT2D eigenvalue weighted by atomic mass is 32.2. The Labute approximate surface area is 138 Å². The van der Waals surface area contributed by atoms with Crippen LogP contribution < -0.4 is 4.74 Å². The molecule has 0 amide bonds. The zero-order chi connectivity index (χ0) is 15.2. The second-order valence-electron chi connectivity index (χ2n) is 4.67. The Kier molecular flexibility index (Phi) is 5.14. The number of aromatic nitrogens is 1. The van der Waals surface area contributed by atoms with Gasteiger partial charge in [0.1, 0.15) is 5.75 Å². The first-order valence-electron chi connectivity index (χ1n) is 7.23. The van der Waals surface area contributed by atoms with Gasteiger partial charge in [-0.1, -0.05) is 54.2 Å². The maximum atomic E-state index is 5.53. The fraction of sp³-hybridized carbons (Fsp3) is 0.167. The summed E-state index contributed by atoms with van der Waals surface area (Å²) in [6.07, 6.45) is 4.32. The van der Waals surface area contributed by atoms with Crippen LogP contribution in [0, 0.1) is 0 Å². The van der Waals surface area contributed by atoms with Gasteiger partial charge in [-0.15, -0.1) is 11.3 Å². The van der Waals surface area contributed by atoms with Crippen molar-refractivity contribution in [2.24, 2.45) is 0 Å². The summed E-state index contributed by atoms with van der Waals surface area (Å²) in [5.41, 5.74) is 2.27. The molecule has 0 unspecified atom stereocenters. The lowest BCUT2D eigenvalue weighted by Gasteiger charge is -2.00. The third-order valence-corrected chi connectivity index (χ3v) is 5.18. The molecule has 4 heteroatoms. The van der Waals surface area contributed by atoms with Gasteiger partial charge in [0.15, 0.2) is 4.34 Å². The van der Waals surface area contributed by atoms with E-state index in [1.165, 1.54) is 10.3 Å². The van der Waals surface area contributed by atoms with Crippen LogP contribution in [0.4, 0.5) is 0 Å². The summed E-state index contributed by atoms with van der Waals surface area (Å²) in [6, 6.07) is 16.4. The minimum atomic E-state index is 0.691. The van der Waals surface area contributed by atoms with E-state index in [-0.39, 0.29) is 0 Å². The third-order valence-electron chi connectivity index (χ3n) is 3.06. The van der Waals surface area contributed by atoms with Crippen LogP contribution in [0.15, 0.2) is 58.9 Å². The van der Waals surface area contributed by atoms with E-state index >= 15 is 0 Å². The summed E-state index contributed by atoms with van der Waals surface area (Å²) in [5.74, 6) is 1.84. The van der Waals surface area contributed by atoms with Crippen molar-refractivity contribution in [2.75, 3.05) is 12.4 Å². The molecule has 0 atom stereocenters. The Morgan fingerprint density at radius 3 is 2.86 bits per heavy atom. The first kappa shape index (κ1) is 15.1. The predicted molar refractivity (Wildman–Crippen MR) is 97.0 cm³/mol. The number of ether oxygens (including phenoxy) is 1. The molecule has 3 aromatic rings. The largest absolute Gasteiger partial charge is 0.494 e. The first-order valence-corrected chi connectivity index (χ1v) is 9.03. The Morgan fingerprint density at radius 2 is 2.05 bits per heavy atom. The zero-order valence-corrected chi connectivity index (χ0v) is 14.0. The van der Waals surface area contributed by atoms with Crippen molar-refractivity contribution >= 4 is 39.4 Å². The molecular weight excluding hydrogens is 310 g/mol. The summed E-state index contributed by atoms with van der Waals surface area (Å²) >= 11 is 3.49. The van der Waals surface area contributed by atoms with Crippen LogP contribution in [0.1, 0.15) is 12.5 Å². The SMILES string of the molecule is CCOc1ccc2nc(SC/C=C\c3ccccc3)sc2c1. The van der Waals surface area contributed by atoms with Crippen LogP contribution in [-0.4, -0.2) is 17.3 Å². The van der Waals surface area contributed by atoms with Gasteiger partial charge in [-0.3, -0.25) is 0 Å². The van der Waals surface area contributed by atoms with Gasteiger partial charge in [0.25, 0.3) is 0 Å². The van der Waals surface area contributed by atoms with Gasteiger partial charge in [-0.05, 0) is 30.7 Å². The van der Waals surface area contributed by atoms with Gasteiger partial charge >= 0.3 is 0 Å². The zero-order valence-electron chi connectivity index (χ0n) is 12.4. The minimum absolute atomic E-state index is 0.691. The number of thiazole rings is 1. The summed E-state index contributed by atoms with van der Waals surface area (Å²) in [6.45, 7) is 2.69. The van der Waals surface area contributed by atoms with Gasteiger partial charge in [-0.2, -0.15) is 0 Å². The molecule has 22 heavy (non-hydrogen) atoms. The van der Waals surface area contributed by atoms with Crippen LogP contribution in [0.2, 0.25) is 0 Å². The van der Waals surface area contributed by atoms with Crippen LogP contribution in [0.25, 0.3) is 16.3 Å². The monoisotopic (exact) mass is 327 g/mol. The van der Waals surface area contributed by atoms with Crippen molar-refractivity contribution in [2.45, 2.75) is 11.3 Å². The van der Waals surface area contributed by atoms with E-state index in [0.29, 0.717) is 6.61 Å². The van der Waals surface area contributed by atoms with Crippen LogP contribution in [0.3, 0.4) is 0 Å². The number of rotatable bonds is 6. The number of fused-ring (bicyclic) bond motifs is 1. The molecule has 0 aliphatic heterocycles. The quantitative estimate of drug-likeness (QED) is 0.558. The highest BCUT2D eigenvalue weighted by molar-refractivity contribution is 8.01. The summed E-state index contributed by atoms with van der Waals surface area (Å²) in [7, 11) is 0. The smallest absolute Gasteiger partial charge is 0.151 e. The Hall–Kier alpha value is -1.78. The summed E-state index contributed by atoms with van der Waals surface area (Å²) < 4.78 is 7.81. The van der Waals surface area contributed by atoms with Gasteiger partial charge in [0.05, 0.1) is 16.8 Å². The molecule has 1 heterocycles. The van der Waals surface area contributed by atoms with Gasteiger partial charge in [0.2, 0.25) is 0 Å². The number of thioether (sulfide) groups is 1. The normalized spacial score (nSPS) is 11.3. The van der Waals surface area contributed by atoms with Crippen molar-refractivity contribution in [3.05, 3.63) is 60.2 Å². The van der Waals surface area contributed by atoms with E-state index in [0.717, 1.165) is 21.4 Å². The average Bonchev–Trinajstić information content (AvgIpc) is 2.95. The molecule has 0 saturated heterocycles. The standard InChI is InChI=1S/C18H17NOS2/c1-2-20-15-10-11-16-17(13-15)22-18(19-16)21-12-6-9-14-7-4-3-5-8-14/h3-11,13H,2,12H2,1H3/b9-6-. The molecule has 0 saturated carbocycles. The van der Waals surface area contributed by atoms with Gasteiger partial charge < -0.3 is 4.74 Å². The van der Waals surface area contributed by atoms with Crippen molar-refractivity contribution in [1.29, 1.82) is 0 Å². The lowest BCUT2D eigenvalue weighted by molar-refractivity contribution is 0.341. The maximum absolute atomic E-state index is 5.53. The fourth-order valence-electron chi connectivity index (χ4n) is 2.07. The van der Waals surface area contributed by atoms with Crippen LogP contribution >= 0.6 is 23.1 Å². The molecule has 3 rings (SSSR count). The molecule has 0 radical (unpaired) electrons. The molecule has 2 aromatic carbocycles. The summed E-state index contributed by atoms with van der Waals surface area (Å²) in [5, 5.41) is 0. The summed E-state index contributed by atoms with van der Waals surface area (Å²) in [4.78, 5) is 4.65. The van der Waals surface area contributed by atoms with E-state index in [2.05, 4.69) is 47.5 Å². The average molecular weight is 327 g/mol. The van der Waals surface area contributed by atoms with Crippen molar-refractivity contribution in [3.63, 3.8) is 0 Å². The van der Waals surface area contributed by atoms with Crippen molar-refractivity contribution in [3.8, 4) is 5.75 Å². The van der Waals surface area contributed by atoms with Crippen molar-refractivity contribution < 1.29 is 4.74 Å². The van der Waals surface area contributed by atoms with Gasteiger partial charge in [0, 0.05) is 5.75 Å². The number of hydrogen-bond donors (Lipinski definition) is 0. The van der Waals surface area contributed by atoms with Crippen LogP contribution in [-0.2, 0) is 0 Å². The molecule has 112 valence electrons. The third kappa shape index (κ3) is 3.90. The highest BCUT2D eigenvalue weighted by Crippen LogP contribution is 2.31. The second-order valence-corrected chi connectivity index (χ2v) is 6.96. The number of nitrogens with zero attached hydrogens (tertiary/aromatic N) is 1. The number of hydrogen-bond acceptors (Lipinski definition) is 4. The molecule has 0 fully saturated rings. The first-order chi connectivity index (χ1) is 10.8. The molecular formula is C18H17NOS2. The van der Waals surface area contributed by atoms with E-state index in [1.807, 2.05) is 25.1 Å². The maximum Gasteiger partial charge on any atom is 0.151 e. The van der Waals surface area contributed by atoms with E-state index in [1.54, 1.807) is 23.1 Å². The van der Waals surface area contributed by atoms with E-state index in [9.17, 15) is 0 Å². The van der Waals surface area contributed by atoms with Gasteiger partial charge in [-0.25, -0.2) is 4.98 Å². The fourth-order valence-corrected chi connectivity index (χ4v) is 4.00. The Balaban J connectivity index is 1.63. The van der Waals surface area contributed by atoms with E-state index < -0.39 is 0 Å². The molecule has 0 bridgehead atoms. The topological polar surface area (TPSA) is 22.1 Å². The van der Waals surface area contributed by atoms with Crippen molar-refractivity contribution in [1.82, 2.24) is 4.98 Å². The van der Waals surface area contributed by atoms with Crippen LogP contribution in [0.5, 0.6) is 5.75 Å². The highest BCUT2D eigenvalue weighted by Gasteiger charge is 2.05. The molecule has 1 aromatic heterocycles. The van der Waals surface area contributed by atoms with E-state index in [4.69, 9.17) is 4.74 Å².